The molecule has 0 amide bonds. The molecule has 0 radical (unpaired) electrons. The van der Waals surface area contributed by atoms with Crippen LogP contribution in [0, 0.1) is 5.41 Å². The second-order valence-electron chi connectivity index (χ2n) is 5.54. The number of nitrogens with one attached hydrogen (secondary N) is 1. The van der Waals surface area contributed by atoms with E-state index in [1.165, 1.54) is 25.1 Å². The van der Waals surface area contributed by atoms with Gasteiger partial charge in [-0.3, -0.25) is 0 Å². The molecule has 0 unspecified atom stereocenters. The van der Waals surface area contributed by atoms with Gasteiger partial charge in [0.25, 0.3) is 0 Å². The Morgan fingerprint density at radius 2 is 2.05 bits per heavy atom. The van der Waals surface area contributed by atoms with Crippen molar-refractivity contribution in [2.45, 2.75) is 19.0 Å². The summed E-state index contributed by atoms with van der Waals surface area (Å²) in [5.41, 5.74) is 0.274. The van der Waals surface area contributed by atoms with Gasteiger partial charge in [0.1, 0.15) is 5.69 Å². The van der Waals surface area contributed by atoms with Crippen LogP contribution in [0.15, 0.2) is 18.3 Å². The van der Waals surface area contributed by atoms with E-state index in [2.05, 4.69) is 15.2 Å². The number of pyridine rings is 1. The molecule has 6 heteroatoms. The van der Waals surface area contributed by atoms with Gasteiger partial charge in [-0.05, 0) is 31.5 Å². The van der Waals surface area contributed by atoms with Crippen molar-refractivity contribution in [1.82, 2.24) is 10.3 Å². The maximum absolute atomic E-state index is 12.4. The molecule has 1 N–H and O–H groups in total. The number of hydrogen-bond donors (Lipinski definition) is 1. The van der Waals surface area contributed by atoms with Crippen molar-refractivity contribution in [3.8, 4) is 0 Å². The molecule has 2 fully saturated rings. The van der Waals surface area contributed by atoms with E-state index in [1.807, 2.05) is 0 Å². The average Bonchev–Trinajstić information content (AvgIpc) is 2.36. The lowest BCUT2D eigenvalue weighted by molar-refractivity contribution is -0.141. The van der Waals surface area contributed by atoms with Crippen molar-refractivity contribution in [2.24, 2.45) is 5.41 Å². The Labute approximate surface area is 109 Å². The van der Waals surface area contributed by atoms with E-state index in [-0.39, 0.29) is 0 Å². The highest BCUT2D eigenvalue weighted by atomic mass is 19.4. The lowest BCUT2D eigenvalue weighted by Gasteiger charge is -2.53. The van der Waals surface area contributed by atoms with Gasteiger partial charge in [-0.1, -0.05) is 0 Å². The van der Waals surface area contributed by atoms with Crippen LogP contribution >= 0.6 is 0 Å². The Kier molecular flexibility index (Phi) is 2.92. The molecular weight excluding hydrogens is 255 g/mol. The summed E-state index contributed by atoms with van der Waals surface area (Å²) in [6, 6.07) is 2.57. The van der Waals surface area contributed by atoms with E-state index in [0.29, 0.717) is 5.41 Å². The summed E-state index contributed by atoms with van der Waals surface area (Å²) < 4.78 is 37.3. The number of rotatable bonds is 1. The molecule has 1 aromatic rings. The third kappa shape index (κ3) is 2.41. The zero-order valence-electron chi connectivity index (χ0n) is 10.5. The smallest absolute Gasteiger partial charge is 0.369 e. The Hall–Kier alpha value is -1.30. The first-order valence-electron chi connectivity index (χ1n) is 6.48. The van der Waals surface area contributed by atoms with Gasteiger partial charge in [0, 0.05) is 25.0 Å². The second-order valence-corrected chi connectivity index (χ2v) is 5.54. The molecule has 2 aliphatic rings. The molecule has 2 aliphatic heterocycles. The van der Waals surface area contributed by atoms with Crippen molar-refractivity contribution < 1.29 is 13.2 Å². The largest absolute Gasteiger partial charge is 0.433 e. The van der Waals surface area contributed by atoms with E-state index >= 15 is 0 Å². The Morgan fingerprint density at radius 3 is 2.58 bits per heavy atom. The zero-order valence-corrected chi connectivity index (χ0v) is 10.5. The SMILES string of the molecule is FC(F)(F)c1ccc(N2CC3(CCCNC3)C2)cn1. The van der Waals surface area contributed by atoms with Crippen molar-refractivity contribution >= 4 is 5.69 Å². The normalized spacial score (nSPS) is 22.4. The Morgan fingerprint density at radius 1 is 1.26 bits per heavy atom. The molecular formula is C13H16F3N3. The monoisotopic (exact) mass is 271 g/mol. The summed E-state index contributed by atoms with van der Waals surface area (Å²) in [6.45, 7) is 3.90. The fraction of sp³-hybridized carbons (Fsp3) is 0.615. The second kappa shape index (κ2) is 4.37. The van der Waals surface area contributed by atoms with Gasteiger partial charge in [-0.15, -0.1) is 0 Å². The van der Waals surface area contributed by atoms with Gasteiger partial charge in [-0.2, -0.15) is 13.2 Å². The molecule has 0 aliphatic carbocycles. The minimum atomic E-state index is -4.36. The molecule has 104 valence electrons. The maximum Gasteiger partial charge on any atom is 0.433 e. The van der Waals surface area contributed by atoms with E-state index in [4.69, 9.17) is 0 Å². The van der Waals surface area contributed by atoms with Gasteiger partial charge in [-0.25, -0.2) is 4.98 Å². The first kappa shape index (κ1) is 12.7. The summed E-state index contributed by atoms with van der Waals surface area (Å²) in [5.74, 6) is 0. The van der Waals surface area contributed by atoms with Crippen LogP contribution in [0.5, 0.6) is 0 Å². The summed E-state index contributed by atoms with van der Waals surface area (Å²) in [5, 5.41) is 3.39. The molecule has 0 bridgehead atoms. The zero-order chi connectivity index (χ0) is 13.5. The van der Waals surface area contributed by atoms with Gasteiger partial charge < -0.3 is 10.2 Å². The molecule has 3 nitrogen and oxygen atoms in total. The minimum absolute atomic E-state index is 0.320. The number of anilines is 1. The number of halogens is 3. The van der Waals surface area contributed by atoms with Gasteiger partial charge >= 0.3 is 6.18 Å². The van der Waals surface area contributed by atoms with Crippen LogP contribution in [0.1, 0.15) is 18.5 Å². The first-order valence-corrected chi connectivity index (χ1v) is 6.48. The lowest BCUT2D eigenvalue weighted by Crippen LogP contribution is -2.62. The number of alkyl halides is 3. The first-order chi connectivity index (χ1) is 8.99. The fourth-order valence-electron chi connectivity index (χ4n) is 2.99. The number of piperidine rings is 1. The minimum Gasteiger partial charge on any atom is -0.369 e. The van der Waals surface area contributed by atoms with E-state index < -0.39 is 11.9 Å². The molecule has 1 spiro atoms. The predicted octanol–water partition coefficient (Wildman–Crippen LogP) is 2.29. The molecule has 2 saturated heterocycles. The van der Waals surface area contributed by atoms with E-state index in [9.17, 15) is 13.2 Å². The van der Waals surface area contributed by atoms with Crippen molar-refractivity contribution in [3.63, 3.8) is 0 Å². The molecule has 3 rings (SSSR count). The fourth-order valence-corrected chi connectivity index (χ4v) is 2.99. The van der Waals surface area contributed by atoms with Gasteiger partial charge in [0.15, 0.2) is 0 Å². The third-order valence-electron chi connectivity index (χ3n) is 4.02. The number of nitrogens with zero attached hydrogens (tertiary/aromatic N) is 2. The molecule has 3 heterocycles. The number of aromatic nitrogens is 1. The van der Waals surface area contributed by atoms with Crippen molar-refractivity contribution in [3.05, 3.63) is 24.0 Å². The van der Waals surface area contributed by atoms with E-state index in [0.717, 1.165) is 37.9 Å². The van der Waals surface area contributed by atoms with Crippen LogP contribution in [0.3, 0.4) is 0 Å². The molecule has 19 heavy (non-hydrogen) atoms. The Bertz CT molecular complexity index is 441. The predicted molar refractivity (Wildman–Crippen MR) is 66.0 cm³/mol. The van der Waals surface area contributed by atoms with Gasteiger partial charge in [0.2, 0.25) is 0 Å². The highest BCUT2D eigenvalue weighted by Gasteiger charge is 2.43. The van der Waals surface area contributed by atoms with Crippen LogP contribution in [0.25, 0.3) is 0 Å². The quantitative estimate of drug-likeness (QED) is 0.849. The van der Waals surface area contributed by atoms with Crippen LogP contribution in [0.2, 0.25) is 0 Å². The third-order valence-corrected chi connectivity index (χ3v) is 4.02. The molecule has 0 saturated carbocycles. The highest BCUT2D eigenvalue weighted by molar-refractivity contribution is 5.48. The van der Waals surface area contributed by atoms with E-state index in [1.54, 1.807) is 0 Å². The molecule has 0 aromatic carbocycles. The Balaban J connectivity index is 1.65. The van der Waals surface area contributed by atoms with Crippen LogP contribution < -0.4 is 10.2 Å². The molecule has 1 aromatic heterocycles. The number of hydrogen-bond acceptors (Lipinski definition) is 3. The summed E-state index contributed by atoms with van der Waals surface area (Å²) in [6.07, 6.45) is -0.655. The topological polar surface area (TPSA) is 28.2 Å². The van der Waals surface area contributed by atoms with Crippen LogP contribution in [0.4, 0.5) is 18.9 Å². The van der Waals surface area contributed by atoms with Gasteiger partial charge in [0.05, 0.1) is 11.9 Å². The average molecular weight is 271 g/mol. The van der Waals surface area contributed by atoms with Crippen molar-refractivity contribution in [2.75, 3.05) is 31.1 Å². The summed E-state index contributed by atoms with van der Waals surface area (Å²) >= 11 is 0. The maximum atomic E-state index is 12.4. The lowest BCUT2D eigenvalue weighted by atomic mass is 9.74. The summed E-state index contributed by atoms with van der Waals surface area (Å²) in [4.78, 5) is 5.60. The van der Waals surface area contributed by atoms with Crippen molar-refractivity contribution in [1.29, 1.82) is 0 Å². The highest BCUT2D eigenvalue weighted by Crippen LogP contribution is 2.39. The summed E-state index contributed by atoms with van der Waals surface area (Å²) in [7, 11) is 0. The van der Waals surface area contributed by atoms with Crippen LogP contribution in [-0.4, -0.2) is 31.2 Å². The van der Waals surface area contributed by atoms with Crippen LogP contribution in [-0.2, 0) is 6.18 Å². The molecule has 0 atom stereocenters. The standard InChI is InChI=1S/C13H16F3N3/c14-13(15,16)11-3-2-10(6-18-11)19-8-12(9-19)4-1-5-17-7-12/h2-3,6,17H,1,4-5,7-9H2.